The van der Waals surface area contributed by atoms with Crippen molar-refractivity contribution in [2.24, 2.45) is 0 Å². The Labute approximate surface area is 95.0 Å². The van der Waals surface area contributed by atoms with Gasteiger partial charge in [0.05, 0.1) is 0 Å². The van der Waals surface area contributed by atoms with E-state index in [0.717, 1.165) is 0 Å². The van der Waals surface area contributed by atoms with Crippen molar-refractivity contribution < 1.29 is 0 Å². The van der Waals surface area contributed by atoms with Gasteiger partial charge in [0.2, 0.25) is 0 Å². The first-order valence-electron chi connectivity index (χ1n) is 6.91. The summed E-state index contributed by atoms with van der Waals surface area (Å²) in [6.45, 7) is 4.88. The van der Waals surface area contributed by atoms with Crippen LogP contribution in [0.1, 0.15) is 78.1 Å². The minimum Gasteiger partial charge on any atom is -0.306 e. The van der Waals surface area contributed by atoms with E-state index in [1.54, 1.807) is 0 Å². The maximum absolute atomic E-state index is 3.94. The highest BCUT2D eigenvalue weighted by Gasteiger charge is 2.40. The molecule has 0 amide bonds. The van der Waals surface area contributed by atoms with E-state index < -0.39 is 0 Å². The molecule has 2 bridgehead atoms. The molecule has 1 nitrogen and oxygen atoms in total. The second kappa shape index (κ2) is 4.45. The molecule has 2 saturated heterocycles. The molecule has 15 heavy (non-hydrogen) atoms. The lowest BCUT2D eigenvalue weighted by molar-refractivity contribution is 0.291. The van der Waals surface area contributed by atoms with Crippen molar-refractivity contribution in [3.05, 3.63) is 0 Å². The van der Waals surface area contributed by atoms with Crippen LogP contribution in [0.25, 0.3) is 0 Å². The van der Waals surface area contributed by atoms with Gasteiger partial charge in [0, 0.05) is 11.1 Å². The standard InChI is InChI=1S/C14H27N/c1-13-9-7-5-3-4-6-8-10-14(2,15-13)12-11-13/h15H,3-12H2,1-2H3. The molecular formula is C14H27N. The smallest absolute Gasteiger partial charge is 0.0159 e. The Morgan fingerprint density at radius 3 is 1.47 bits per heavy atom. The number of fused-ring (bicyclic) bond motifs is 2. The van der Waals surface area contributed by atoms with Crippen LogP contribution in [0.15, 0.2) is 0 Å². The Morgan fingerprint density at radius 1 is 0.600 bits per heavy atom. The van der Waals surface area contributed by atoms with Crippen LogP contribution in [-0.4, -0.2) is 11.1 Å². The van der Waals surface area contributed by atoms with Crippen molar-refractivity contribution in [3.63, 3.8) is 0 Å². The molecule has 2 heterocycles. The van der Waals surface area contributed by atoms with Crippen molar-refractivity contribution in [2.45, 2.75) is 89.1 Å². The molecular weight excluding hydrogens is 182 g/mol. The van der Waals surface area contributed by atoms with E-state index in [2.05, 4.69) is 19.2 Å². The highest BCUT2D eigenvalue weighted by molar-refractivity contribution is 5.01. The molecule has 2 aliphatic heterocycles. The lowest BCUT2D eigenvalue weighted by Gasteiger charge is -2.31. The van der Waals surface area contributed by atoms with Gasteiger partial charge in [0.1, 0.15) is 0 Å². The first-order chi connectivity index (χ1) is 7.12. The van der Waals surface area contributed by atoms with Crippen LogP contribution in [0.4, 0.5) is 0 Å². The average molecular weight is 209 g/mol. The van der Waals surface area contributed by atoms with Crippen LogP contribution in [0, 0.1) is 0 Å². The van der Waals surface area contributed by atoms with Gasteiger partial charge in [-0.05, 0) is 39.5 Å². The summed E-state index contributed by atoms with van der Waals surface area (Å²) in [6.07, 6.45) is 14.3. The van der Waals surface area contributed by atoms with Gasteiger partial charge < -0.3 is 5.32 Å². The first kappa shape index (κ1) is 11.4. The first-order valence-corrected chi connectivity index (χ1v) is 6.91. The van der Waals surface area contributed by atoms with Gasteiger partial charge in [-0.25, -0.2) is 0 Å². The molecule has 2 atom stereocenters. The van der Waals surface area contributed by atoms with Gasteiger partial charge in [0.25, 0.3) is 0 Å². The molecule has 0 saturated carbocycles. The third-order valence-corrected chi connectivity index (χ3v) is 4.54. The molecule has 0 spiro atoms. The molecule has 2 aliphatic rings. The van der Waals surface area contributed by atoms with Crippen molar-refractivity contribution >= 4 is 0 Å². The summed E-state index contributed by atoms with van der Waals surface area (Å²) < 4.78 is 0. The van der Waals surface area contributed by atoms with Gasteiger partial charge in [0.15, 0.2) is 0 Å². The Kier molecular flexibility index (Phi) is 3.39. The van der Waals surface area contributed by atoms with E-state index in [1.165, 1.54) is 64.2 Å². The molecule has 1 heteroatoms. The van der Waals surface area contributed by atoms with E-state index in [0.29, 0.717) is 11.1 Å². The molecule has 0 radical (unpaired) electrons. The van der Waals surface area contributed by atoms with E-state index in [-0.39, 0.29) is 0 Å². The van der Waals surface area contributed by atoms with Gasteiger partial charge >= 0.3 is 0 Å². The number of hydrogen-bond acceptors (Lipinski definition) is 1. The number of hydrogen-bond donors (Lipinski definition) is 1. The van der Waals surface area contributed by atoms with Crippen LogP contribution >= 0.6 is 0 Å². The van der Waals surface area contributed by atoms with E-state index >= 15 is 0 Å². The zero-order chi connectivity index (χ0) is 10.8. The Hall–Kier alpha value is -0.0400. The van der Waals surface area contributed by atoms with E-state index in [1.807, 2.05) is 0 Å². The summed E-state index contributed by atoms with van der Waals surface area (Å²) in [6, 6.07) is 0. The molecule has 2 unspecified atom stereocenters. The fourth-order valence-electron chi connectivity index (χ4n) is 3.52. The normalized spacial score (nSPS) is 43.6. The average Bonchev–Trinajstić information content (AvgIpc) is 2.45. The maximum atomic E-state index is 3.94. The van der Waals surface area contributed by atoms with Crippen LogP contribution in [0.3, 0.4) is 0 Å². The lowest BCUT2D eigenvalue weighted by Crippen LogP contribution is -2.47. The molecule has 2 rings (SSSR count). The molecule has 0 aromatic heterocycles. The van der Waals surface area contributed by atoms with E-state index in [4.69, 9.17) is 0 Å². The molecule has 0 aromatic rings. The van der Waals surface area contributed by atoms with Crippen molar-refractivity contribution in [3.8, 4) is 0 Å². The maximum Gasteiger partial charge on any atom is 0.0159 e. The molecule has 0 aromatic carbocycles. The molecule has 2 fully saturated rings. The number of nitrogens with one attached hydrogen (secondary N) is 1. The molecule has 88 valence electrons. The van der Waals surface area contributed by atoms with Gasteiger partial charge in [-0.1, -0.05) is 38.5 Å². The summed E-state index contributed by atoms with van der Waals surface area (Å²) in [5, 5.41) is 3.94. The predicted octanol–water partition coefficient (Wildman–Crippen LogP) is 4.02. The highest BCUT2D eigenvalue weighted by Crippen LogP contribution is 2.37. The summed E-state index contributed by atoms with van der Waals surface area (Å²) in [7, 11) is 0. The van der Waals surface area contributed by atoms with Crippen LogP contribution in [0.2, 0.25) is 0 Å². The largest absolute Gasteiger partial charge is 0.306 e. The predicted molar refractivity (Wildman–Crippen MR) is 66.1 cm³/mol. The quantitative estimate of drug-likeness (QED) is 0.635. The minimum atomic E-state index is 0.457. The van der Waals surface area contributed by atoms with Crippen molar-refractivity contribution in [1.82, 2.24) is 5.32 Å². The van der Waals surface area contributed by atoms with Gasteiger partial charge in [-0.3, -0.25) is 0 Å². The lowest BCUT2D eigenvalue weighted by atomic mass is 9.90. The van der Waals surface area contributed by atoms with Gasteiger partial charge in [-0.15, -0.1) is 0 Å². The van der Waals surface area contributed by atoms with Crippen LogP contribution in [0.5, 0.6) is 0 Å². The monoisotopic (exact) mass is 209 g/mol. The second-order valence-corrected chi connectivity index (χ2v) is 6.37. The third kappa shape index (κ3) is 2.96. The Balaban J connectivity index is 1.99. The highest BCUT2D eigenvalue weighted by atomic mass is 15.1. The fourth-order valence-corrected chi connectivity index (χ4v) is 3.52. The Morgan fingerprint density at radius 2 is 1.00 bits per heavy atom. The molecule has 1 N–H and O–H groups in total. The topological polar surface area (TPSA) is 12.0 Å². The molecule has 0 aliphatic carbocycles. The van der Waals surface area contributed by atoms with Crippen LogP contribution < -0.4 is 5.32 Å². The third-order valence-electron chi connectivity index (χ3n) is 4.54. The van der Waals surface area contributed by atoms with Gasteiger partial charge in [-0.2, -0.15) is 0 Å². The second-order valence-electron chi connectivity index (χ2n) is 6.37. The zero-order valence-corrected chi connectivity index (χ0v) is 10.6. The number of rotatable bonds is 0. The van der Waals surface area contributed by atoms with E-state index in [9.17, 15) is 0 Å². The SMILES string of the molecule is CC12CCCCCCCCC(C)(CC1)N2. The fraction of sp³-hybridized carbons (Fsp3) is 1.00. The summed E-state index contributed by atoms with van der Waals surface area (Å²) in [5.41, 5.74) is 0.915. The van der Waals surface area contributed by atoms with Crippen molar-refractivity contribution in [1.29, 1.82) is 0 Å². The summed E-state index contributed by atoms with van der Waals surface area (Å²) >= 11 is 0. The minimum absolute atomic E-state index is 0.457. The Bertz CT molecular complexity index is 191. The zero-order valence-electron chi connectivity index (χ0n) is 10.6. The summed E-state index contributed by atoms with van der Waals surface area (Å²) in [5.74, 6) is 0. The summed E-state index contributed by atoms with van der Waals surface area (Å²) in [4.78, 5) is 0. The van der Waals surface area contributed by atoms with Crippen LogP contribution in [-0.2, 0) is 0 Å². The van der Waals surface area contributed by atoms with Crippen molar-refractivity contribution in [2.75, 3.05) is 0 Å².